The molecule has 1 aromatic heterocycles. The molecule has 3 N–H and O–H groups in total. The fraction of sp³-hybridized carbons (Fsp3) is 0.500. The standard InChI is InChI=1S/C22H30N6O2/c1-2-3-12-30-22-25-20(23)19-21(26-22)28(15-18(29)24-19)14-17-8-6-16(7-9-17)13-27-10-4-5-11-27/h6-9H,2-5,10-15H2,1H3,(H,24,29)(H2,23,25,26)/i2D2. The lowest BCUT2D eigenvalue weighted by Gasteiger charge is -2.30. The third-order valence-corrected chi connectivity index (χ3v) is 5.38. The number of anilines is 3. The van der Waals surface area contributed by atoms with Crippen LogP contribution in [0.4, 0.5) is 17.3 Å². The third-order valence-electron chi connectivity index (χ3n) is 5.38. The number of nitrogens with zero attached hydrogens (tertiary/aromatic N) is 4. The summed E-state index contributed by atoms with van der Waals surface area (Å²) < 4.78 is 20.8. The van der Waals surface area contributed by atoms with Crippen molar-refractivity contribution in [3.05, 3.63) is 35.4 Å². The zero-order valence-corrected chi connectivity index (χ0v) is 17.4. The highest BCUT2D eigenvalue weighted by molar-refractivity contribution is 6.03. The van der Waals surface area contributed by atoms with Crippen molar-refractivity contribution in [3.8, 4) is 6.01 Å². The molecule has 0 unspecified atom stereocenters. The van der Waals surface area contributed by atoms with E-state index < -0.39 is 6.37 Å². The summed E-state index contributed by atoms with van der Waals surface area (Å²) in [6, 6.07) is 8.53. The van der Waals surface area contributed by atoms with Crippen LogP contribution in [0.5, 0.6) is 6.01 Å². The van der Waals surface area contributed by atoms with Crippen LogP contribution < -0.4 is 20.7 Å². The molecule has 8 nitrogen and oxygen atoms in total. The van der Waals surface area contributed by atoms with Crippen molar-refractivity contribution in [2.75, 3.05) is 42.2 Å². The van der Waals surface area contributed by atoms with E-state index in [1.54, 1.807) is 0 Å². The first-order valence-corrected chi connectivity index (χ1v) is 10.4. The van der Waals surface area contributed by atoms with Gasteiger partial charge >= 0.3 is 6.01 Å². The molecule has 0 bridgehead atoms. The van der Waals surface area contributed by atoms with E-state index in [1.165, 1.54) is 25.3 Å². The Balaban J connectivity index is 1.48. The highest BCUT2D eigenvalue weighted by Gasteiger charge is 2.27. The Morgan fingerprint density at radius 1 is 1.17 bits per heavy atom. The number of nitrogen functional groups attached to an aromatic ring is 1. The Morgan fingerprint density at radius 2 is 1.87 bits per heavy atom. The molecule has 0 aliphatic carbocycles. The van der Waals surface area contributed by atoms with E-state index in [0.717, 1.165) is 25.2 Å². The number of fused-ring (bicyclic) bond motifs is 1. The SMILES string of the molecule is [2H]C([2H])(C)CCOc1nc(N)c2c(n1)N(Cc1ccc(CN3CCCC3)cc1)CC(=O)N2. The Kier molecular flexibility index (Phi) is 5.56. The van der Waals surface area contributed by atoms with Crippen molar-refractivity contribution in [2.24, 2.45) is 0 Å². The predicted molar refractivity (Wildman–Crippen MR) is 117 cm³/mol. The van der Waals surface area contributed by atoms with Crippen LogP contribution in [0.3, 0.4) is 0 Å². The summed E-state index contributed by atoms with van der Waals surface area (Å²) in [6.45, 7) is 5.56. The van der Waals surface area contributed by atoms with Gasteiger partial charge in [-0.25, -0.2) is 0 Å². The Bertz CT molecular complexity index is 958. The summed E-state index contributed by atoms with van der Waals surface area (Å²) >= 11 is 0. The van der Waals surface area contributed by atoms with E-state index in [-0.39, 0.29) is 37.3 Å². The molecular formula is C22H30N6O2. The van der Waals surface area contributed by atoms with E-state index in [1.807, 2.05) is 4.90 Å². The van der Waals surface area contributed by atoms with Gasteiger partial charge in [0.05, 0.1) is 13.2 Å². The summed E-state index contributed by atoms with van der Waals surface area (Å²) in [4.78, 5) is 25.1. The maximum atomic E-state index is 12.3. The molecule has 0 saturated carbocycles. The molecule has 30 heavy (non-hydrogen) atoms. The van der Waals surface area contributed by atoms with Crippen LogP contribution in [-0.4, -0.2) is 47.0 Å². The number of nitrogens with one attached hydrogen (secondary N) is 1. The molecule has 0 atom stereocenters. The lowest BCUT2D eigenvalue weighted by atomic mass is 10.1. The second-order valence-electron chi connectivity index (χ2n) is 7.75. The number of rotatable bonds is 8. The molecule has 0 radical (unpaired) electrons. The summed E-state index contributed by atoms with van der Waals surface area (Å²) in [5, 5.41) is 2.75. The molecule has 1 fully saturated rings. The van der Waals surface area contributed by atoms with Gasteiger partial charge in [-0.3, -0.25) is 9.69 Å². The Hall–Kier alpha value is -2.87. The smallest absolute Gasteiger partial charge is 0.320 e. The van der Waals surface area contributed by atoms with E-state index in [2.05, 4.69) is 44.5 Å². The maximum absolute atomic E-state index is 12.3. The first-order chi connectivity index (χ1) is 15.3. The number of likely N-dealkylation sites (tertiary alicyclic amines) is 1. The number of ether oxygens (including phenoxy) is 1. The van der Waals surface area contributed by atoms with E-state index >= 15 is 0 Å². The van der Waals surface area contributed by atoms with Gasteiger partial charge in [0.25, 0.3) is 0 Å². The van der Waals surface area contributed by atoms with Crippen molar-refractivity contribution in [2.45, 2.75) is 45.6 Å². The second-order valence-corrected chi connectivity index (χ2v) is 7.75. The van der Waals surface area contributed by atoms with Crippen LogP contribution in [0, 0.1) is 0 Å². The minimum atomic E-state index is -1.35. The zero-order chi connectivity index (χ0) is 22.7. The van der Waals surface area contributed by atoms with Crippen molar-refractivity contribution in [1.82, 2.24) is 14.9 Å². The number of benzene rings is 1. The Labute approximate surface area is 180 Å². The highest BCUT2D eigenvalue weighted by Crippen LogP contribution is 2.34. The van der Waals surface area contributed by atoms with Crippen molar-refractivity contribution in [1.29, 1.82) is 0 Å². The monoisotopic (exact) mass is 412 g/mol. The molecule has 8 heteroatoms. The molecule has 2 aliphatic rings. The molecule has 0 spiro atoms. The van der Waals surface area contributed by atoms with Gasteiger partial charge in [-0.15, -0.1) is 0 Å². The summed E-state index contributed by atoms with van der Waals surface area (Å²) in [6.07, 6.45) is 1.41. The number of nitrogens with two attached hydrogens (primary N) is 1. The topological polar surface area (TPSA) is 96.6 Å². The number of carbonyl (C=O) groups excluding carboxylic acids is 1. The zero-order valence-electron chi connectivity index (χ0n) is 19.4. The van der Waals surface area contributed by atoms with Gasteiger partial charge in [-0.2, -0.15) is 9.97 Å². The molecule has 160 valence electrons. The first kappa shape index (κ1) is 17.9. The second kappa shape index (κ2) is 9.30. The minimum absolute atomic E-state index is 0.0765. The fourth-order valence-corrected chi connectivity index (χ4v) is 3.83. The molecular weight excluding hydrogens is 380 g/mol. The van der Waals surface area contributed by atoms with Crippen molar-refractivity contribution in [3.63, 3.8) is 0 Å². The molecule has 4 rings (SSSR count). The van der Waals surface area contributed by atoms with E-state index in [4.69, 9.17) is 13.2 Å². The summed E-state index contributed by atoms with van der Waals surface area (Å²) in [5.41, 5.74) is 8.79. The average Bonchev–Trinajstić information content (AvgIpc) is 3.22. The average molecular weight is 413 g/mol. The van der Waals surface area contributed by atoms with E-state index in [9.17, 15) is 4.79 Å². The number of aromatic nitrogens is 2. The lowest BCUT2D eigenvalue weighted by molar-refractivity contribution is -0.115. The van der Waals surface area contributed by atoms with Gasteiger partial charge in [-0.1, -0.05) is 37.6 Å². The molecule has 1 amide bonds. The first-order valence-electron chi connectivity index (χ1n) is 11.4. The summed E-state index contributed by atoms with van der Waals surface area (Å²) in [5.74, 6) is 0.461. The van der Waals surface area contributed by atoms with Gasteiger partial charge in [0.15, 0.2) is 11.6 Å². The van der Waals surface area contributed by atoms with Gasteiger partial charge in [0, 0.05) is 15.8 Å². The normalized spacial score (nSPS) is 17.9. The number of hydrogen-bond donors (Lipinski definition) is 2. The van der Waals surface area contributed by atoms with Crippen LogP contribution in [0.2, 0.25) is 0 Å². The Morgan fingerprint density at radius 3 is 2.57 bits per heavy atom. The highest BCUT2D eigenvalue weighted by atomic mass is 16.5. The molecule has 3 heterocycles. The number of hydrogen-bond acceptors (Lipinski definition) is 7. The van der Waals surface area contributed by atoms with Crippen molar-refractivity contribution < 1.29 is 12.3 Å². The molecule has 2 aromatic rings. The fourth-order valence-electron chi connectivity index (χ4n) is 3.83. The van der Waals surface area contributed by atoms with Gasteiger partial charge in [0.2, 0.25) is 5.91 Å². The number of amides is 1. The largest absolute Gasteiger partial charge is 0.463 e. The minimum Gasteiger partial charge on any atom is -0.463 e. The van der Waals surface area contributed by atoms with Crippen molar-refractivity contribution >= 4 is 23.2 Å². The summed E-state index contributed by atoms with van der Waals surface area (Å²) in [7, 11) is 0. The van der Waals surface area contributed by atoms with Gasteiger partial charge < -0.3 is 20.7 Å². The van der Waals surface area contributed by atoms with Crippen LogP contribution in [0.25, 0.3) is 0 Å². The van der Waals surface area contributed by atoms with E-state index in [0.29, 0.717) is 18.1 Å². The van der Waals surface area contributed by atoms with Gasteiger partial charge in [-0.05, 0) is 43.5 Å². The van der Waals surface area contributed by atoms with Crippen LogP contribution in [-0.2, 0) is 17.9 Å². The molecule has 2 aliphatic heterocycles. The van der Waals surface area contributed by atoms with Crippen LogP contribution >= 0.6 is 0 Å². The molecule has 1 saturated heterocycles. The lowest BCUT2D eigenvalue weighted by Crippen LogP contribution is -2.39. The quantitative estimate of drug-likeness (QED) is 0.688. The van der Waals surface area contributed by atoms with Crippen LogP contribution in [0.1, 0.15) is 46.4 Å². The van der Waals surface area contributed by atoms with Crippen LogP contribution in [0.15, 0.2) is 24.3 Å². The third kappa shape index (κ3) is 4.81. The number of carbonyl (C=O) groups is 1. The van der Waals surface area contributed by atoms with Gasteiger partial charge in [0.1, 0.15) is 5.69 Å². The maximum Gasteiger partial charge on any atom is 0.320 e. The predicted octanol–water partition coefficient (Wildman–Crippen LogP) is 2.79. The molecule has 1 aromatic carbocycles.